The first-order valence-corrected chi connectivity index (χ1v) is 12.0. The van der Waals surface area contributed by atoms with Gasteiger partial charge in [0.2, 0.25) is 0 Å². The SMILES string of the molecule is CC(OC(=O)Nc1c(-c2ccc(-c3ccc(C4(CO)CC4)s3)cc2)nnn1C)c1ccccc1. The third-order valence-electron chi connectivity index (χ3n) is 6.33. The highest BCUT2D eigenvalue weighted by Crippen LogP contribution is 2.51. The summed E-state index contributed by atoms with van der Waals surface area (Å²) >= 11 is 1.74. The van der Waals surface area contributed by atoms with Gasteiger partial charge >= 0.3 is 6.09 Å². The van der Waals surface area contributed by atoms with Crippen molar-refractivity contribution in [2.45, 2.75) is 31.3 Å². The molecule has 1 amide bonds. The maximum Gasteiger partial charge on any atom is 0.413 e. The Bertz CT molecular complexity index is 1290. The number of hydrogen-bond donors (Lipinski definition) is 2. The van der Waals surface area contributed by atoms with Crippen LogP contribution in [0.5, 0.6) is 0 Å². The van der Waals surface area contributed by atoms with Gasteiger partial charge in [0.05, 0.1) is 6.61 Å². The van der Waals surface area contributed by atoms with Crippen molar-refractivity contribution >= 4 is 23.2 Å². The summed E-state index contributed by atoms with van der Waals surface area (Å²) in [4.78, 5) is 15.0. The standard InChI is InChI=1S/C26H26N4O3S/c1-17(18-6-4-3-5-7-18)33-25(32)27-24-23(28-29-30(24)2)20-10-8-19(9-11-20)21-12-13-22(34-21)26(16-31)14-15-26/h3-13,17,31H,14-16H2,1-2H3,(H,27,32). The fourth-order valence-corrected chi connectivity index (χ4v) is 5.22. The zero-order valence-corrected chi connectivity index (χ0v) is 19.9. The van der Waals surface area contributed by atoms with E-state index in [-0.39, 0.29) is 18.1 Å². The largest absolute Gasteiger partial charge is 0.441 e. The van der Waals surface area contributed by atoms with Gasteiger partial charge in [-0.2, -0.15) is 0 Å². The number of thiophene rings is 1. The van der Waals surface area contributed by atoms with Gasteiger partial charge in [0, 0.05) is 27.8 Å². The lowest BCUT2D eigenvalue weighted by molar-refractivity contribution is 0.121. The number of carbonyl (C=O) groups is 1. The number of nitrogens with zero attached hydrogens (tertiary/aromatic N) is 3. The summed E-state index contributed by atoms with van der Waals surface area (Å²) in [5, 5.41) is 20.8. The Morgan fingerprint density at radius 3 is 2.50 bits per heavy atom. The molecule has 0 aliphatic heterocycles. The van der Waals surface area contributed by atoms with E-state index in [1.54, 1.807) is 18.4 Å². The van der Waals surface area contributed by atoms with Gasteiger partial charge < -0.3 is 9.84 Å². The van der Waals surface area contributed by atoms with Crippen LogP contribution in [0, 0.1) is 0 Å². The van der Waals surface area contributed by atoms with Crippen molar-refractivity contribution in [3.63, 3.8) is 0 Å². The molecule has 1 saturated carbocycles. The number of aliphatic hydroxyl groups excluding tert-OH is 1. The van der Waals surface area contributed by atoms with Crippen LogP contribution in [0.3, 0.4) is 0 Å². The van der Waals surface area contributed by atoms with Crippen LogP contribution in [-0.2, 0) is 17.2 Å². The molecule has 0 radical (unpaired) electrons. The number of carbonyl (C=O) groups excluding carboxylic acids is 1. The number of nitrogens with one attached hydrogen (secondary N) is 1. The predicted octanol–water partition coefficient (Wildman–Crippen LogP) is 5.54. The molecule has 5 rings (SSSR count). The molecule has 1 aliphatic carbocycles. The van der Waals surface area contributed by atoms with Crippen LogP contribution in [0.25, 0.3) is 21.7 Å². The third kappa shape index (κ3) is 4.34. The Morgan fingerprint density at radius 2 is 1.82 bits per heavy atom. The van der Waals surface area contributed by atoms with Crippen molar-refractivity contribution in [1.29, 1.82) is 0 Å². The summed E-state index contributed by atoms with van der Waals surface area (Å²) < 4.78 is 7.06. The lowest BCUT2D eigenvalue weighted by atomic mass is 10.1. The molecule has 8 heteroatoms. The van der Waals surface area contributed by atoms with E-state index in [4.69, 9.17) is 4.74 Å². The molecule has 0 bridgehead atoms. The molecule has 0 saturated heterocycles. The van der Waals surface area contributed by atoms with Gasteiger partial charge in [0.15, 0.2) is 5.82 Å². The summed E-state index contributed by atoms with van der Waals surface area (Å²) in [5.41, 5.74) is 3.41. The smallest absolute Gasteiger partial charge is 0.413 e. The molecule has 1 fully saturated rings. The van der Waals surface area contributed by atoms with E-state index >= 15 is 0 Å². The molecule has 1 aliphatic rings. The van der Waals surface area contributed by atoms with E-state index in [9.17, 15) is 9.90 Å². The first-order valence-electron chi connectivity index (χ1n) is 11.2. The van der Waals surface area contributed by atoms with Crippen molar-refractivity contribution in [3.8, 4) is 21.7 Å². The van der Waals surface area contributed by atoms with Crippen LogP contribution < -0.4 is 5.32 Å². The van der Waals surface area contributed by atoms with Crippen LogP contribution in [-0.4, -0.2) is 32.8 Å². The number of aliphatic hydroxyl groups is 1. The summed E-state index contributed by atoms with van der Waals surface area (Å²) in [6.45, 7) is 2.04. The van der Waals surface area contributed by atoms with E-state index in [1.807, 2.05) is 61.5 Å². The quantitative estimate of drug-likeness (QED) is 0.367. The zero-order valence-electron chi connectivity index (χ0n) is 19.1. The molecule has 34 heavy (non-hydrogen) atoms. The number of hydrogen-bond acceptors (Lipinski definition) is 6. The van der Waals surface area contributed by atoms with Crippen molar-refractivity contribution < 1.29 is 14.6 Å². The predicted molar refractivity (Wildman–Crippen MR) is 133 cm³/mol. The van der Waals surface area contributed by atoms with Crippen LogP contribution in [0.2, 0.25) is 0 Å². The minimum Gasteiger partial charge on any atom is -0.441 e. The minimum atomic E-state index is -0.566. The molecule has 174 valence electrons. The maximum atomic E-state index is 12.6. The molecular formula is C26H26N4O3S. The lowest BCUT2D eigenvalue weighted by Gasteiger charge is -2.14. The highest BCUT2D eigenvalue weighted by Gasteiger charge is 2.44. The van der Waals surface area contributed by atoms with Gasteiger partial charge in [-0.15, -0.1) is 16.4 Å². The normalized spacial score (nSPS) is 15.0. The van der Waals surface area contributed by atoms with Crippen LogP contribution >= 0.6 is 11.3 Å². The van der Waals surface area contributed by atoms with Crippen LogP contribution in [0.1, 0.15) is 36.3 Å². The van der Waals surface area contributed by atoms with Gasteiger partial charge in [0.1, 0.15) is 11.8 Å². The van der Waals surface area contributed by atoms with Crippen molar-refractivity contribution in [2.75, 3.05) is 11.9 Å². The first-order chi connectivity index (χ1) is 16.5. The van der Waals surface area contributed by atoms with E-state index in [0.717, 1.165) is 34.4 Å². The Balaban J connectivity index is 1.31. The van der Waals surface area contributed by atoms with Crippen molar-refractivity contribution in [1.82, 2.24) is 15.0 Å². The molecule has 2 heterocycles. The van der Waals surface area contributed by atoms with E-state index in [2.05, 4.69) is 27.8 Å². The number of ether oxygens (including phenoxy) is 1. The van der Waals surface area contributed by atoms with E-state index in [0.29, 0.717) is 11.5 Å². The highest BCUT2D eigenvalue weighted by molar-refractivity contribution is 7.15. The molecular weight excluding hydrogens is 448 g/mol. The lowest BCUT2D eigenvalue weighted by Crippen LogP contribution is -2.18. The second kappa shape index (κ2) is 9.04. The maximum absolute atomic E-state index is 12.6. The highest BCUT2D eigenvalue weighted by atomic mass is 32.1. The van der Waals surface area contributed by atoms with E-state index < -0.39 is 6.09 Å². The number of rotatable bonds is 7. The fourth-order valence-electron chi connectivity index (χ4n) is 3.97. The fraction of sp³-hybridized carbons (Fsp3) is 0.269. The molecule has 1 atom stereocenters. The van der Waals surface area contributed by atoms with Gasteiger partial charge in [-0.05, 0) is 43.0 Å². The molecule has 1 unspecified atom stereocenters. The minimum absolute atomic E-state index is 0.0182. The summed E-state index contributed by atoms with van der Waals surface area (Å²) in [5.74, 6) is 0.468. The summed E-state index contributed by atoms with van der Waals surface area (Å²) in [6.07, 6.45) is 1.15. The van der Waals surface area contributed by atoms with Crippen LogP contribution in [0.4, 0.5) is 10.6 Å². The Morgan fingerprint density at radius 1 is 1.12 bits per heavy atom. The Hall–Kier alpha value is -3.49. The number of benzene rings is 2. The number of anilines is 1. The Kier molecular flexibility index (Phi) is 5.93. The second-order valence-electron chi connectivity index (χ2n) is 8.67. The monoisotopic (exact) mass is 474 g/mol. The number of aryl methyl sites for hydroxylation is 1. The van der Waals surface area contributed by atoms with Gasteiger partial charge in [-0.25, -0.2) is 9.48 Å². The average Bonchev–Trinajstić information content (AvgIpc) is 3.35. The van der Waals surface area contributed by atoms with Gasteiger partial charge in [-0.1, -0.05) is 59.8 Å². The summed E-state index contributed by atoms with van der Waals surface area (Å²) in [6, 6.07) is 21.8. The van der Waals surface area contributed by atoms with Gasteiger partial charge in [-0.3, -0.25) is 5.32 Å². The molecule has 2 aromatic carbocycles. The van der Waals surface area contributed by atoms with E-state index in [1.165, 1.54) is 9.56 Å². The molecule has 0 spiro atoms. The number of amides is 1. The molecule has 4 aromatic rings. The Labute approximate surface area is 202 Å². The number of aromatic nitrogens is 3. The topological polar surface area (TPSA) is 89.3 Å². The van der Waals surface area contributed by atoms with Crippen LogP contribution in [0.15, 0.2) is 66.7 Å². The zero-order chi connectivity index (χ0) is 23.7. The molecule has 2 N–H and O–H groups in total. The molecule has 7 nitrogen and oxygen atoms in total. The summed E-state index contributed by atoms with van der Waals surface area (Å²) in [7, 11) is 1.73. The first kappa shape index (κ1) is 22.3. The van der Waals surface area contributed by atoms with Gasteiger partial charge in [0.25, 0.3) is 0 Å². The third-order valence-corrected chi connectivity index (χ3v) is 7.71. The molecule has 2 aromatic heterocycles. The van der Waals surface area contributed by atoms with Crippen molar-refractivity contribution in [3.05, 3.63) is 77.2 Å². The second-order valence-corrected chi connectivity index (χ2v) is 9.76. The average molecular weight is 475 g/mol. The van der Waals surface area contributed by atoms with Crippen molar-refractivity contribution in [2.24, 2.45) is 7.05 Å².